The fraction of sp³-hybridized carbons (Fsp3) is 0.261. The van der Waals surface area contributed by atoms with Gasteiger partial charge in [-0.25, -0.2) is 0 Å². The topological polar surface area (TPSA) is 90.6 Å². The number of anilines is 1. The summed E-state index contributed by atoms with van der Waals surface area (Å²) in [7, 11) is 1.51. The van der Waals surface area contributed by atoms with Crippen molar-refractivity contribution in [3.63, 3.8) is 0 Å². The van der Waals surface area contributed by atoms with E-state index in [-0.39, 0.29) is 23.7 Å². The van der Waals surface area contributed by atoms with Crippen LogP contribution in [0.1, 0.15) is 37.4 Å². The number of amides is 1. The summed E-state index contributed by atoms with van der Waals surface area (Å²) in [6, 6.07) is 14.8. The summed E-state index contributed by atoms with van der Waals surface area (Å²) in [6.45, 7) is 3.81. The Morgan fingerprint density at radius 3 is 2.45 bits per heavy atom. The molecule has 1 aliphatic heterocycles. The van der Waals surface area contributed by atoms with Crippen LogP contribution >= 0.6 is 0 Å². The number of hydrogen-bond donors (Lipinski definition) is 1. The van der Waals surface area contributed by atoms with Gasteiger partial charge in [0.15, 0.2) is 11.5 Å². The number of benzene rings is 2. The molecule has 2 aromatic carbocycles. The highest BCUT2D eigenvalue weighted by molar-refractivity contribution is 6.16. The molecule has 148 valence electrons. The molecule has 29 heavy (non-hydrogen) atoms. The van der Waals surface area contributed by atoms with Crippen LogP contribution in [0.3, 0.4) is 0 Å². The molecule has 1 unspecified atom stereocenters. The summed E-state index contributed by atoms with van der Waals surface area (Å²) < 4.78 is 5.46. The maximum absolute atomic E-state index is 13.0. The van der Waals surface area contributed by atoms with Crippen LogP contribution in [0.5, 0.6) is 5.75 Å². The van der Waals surface area contributed by atoms with E-state index in [0.717, 1.165) is 0 Å². The van der Waals surface area contributed by atoms with Crippen molar-refractivity contribution in [3.8, 4) is 11.8 Å². The number of carbonyl (C=O) groups excluding carboxylic acids is 2. The Labute approximate surface area is 169 Å². The molecule has 0 aliphatic carbocycles. The van der Waals surface area contributed by atoms with Crippen LogP contribution in [0.15, 0.2) is 59.9 Å². The molecule has 2 aromatic rings. The van der Waals surface area contributed by atoms with Crippen LogP contribution in [-0.2, 0) is 9.59 Å². The maximum atomic E-state index is 13.0. The van der Waals surface area contributed by atoms with Crippen molar-refractivity contribution in [3.05, 3.63) is 71.0 Å². The smallest absolute Gasteiger partial charge is 0.294 e. The Balaban J connectivity index is 2.18. The molecule has 1 heterocycles. The second-order valence-corrected chi connectivity index (χ2v) is 7.26. The lowest BCUT2D eigenvalue weighted by atomic mass is 9.91. The number of para-hydroxylation sites is 1. The molecule has 0 aromatic heterocycles. The van der Waals surface area contributed by atoms with E-state index in [1.165, 1.54) is 12.0 Å². The lowest BCUT2D eigenvalue weighted by Gasteiger charge is -2.28. The minimum atomic E-state index is -0.821. The fourth-order valence-electron chi connectivity index (χ4n) is 3.52. The summed E-state index contributed by atoms with van der Waals surface area (Å²) in [6.07, 6.45) is 0.208. The highest BCUT2D eigenvalue weighted by atomic mass is 16.5. The summed E-state index contributed by atoms with van der Waals surface area (Å²) >= 11 is 0. The van der Waals surface area contributed by atoms with Crippen LogP contribution in [0.4, 0.5) is 5.69 Å². The van der Waals surface area contributed by atoms with Gasteiger partial charge in [-0.05, 0) is 36.2 Å². The normalized spacial score (nSPS) is 16.3. The van der Waals surface area contributed by atoms with E-state index < -0.39 is 17.7 Å². The SMILES string of the molecule is COc1ccccc1C1C(C(=O)CC(C)C)=C(O)C(=O)N1c1ccc(C#N)cc1. The van der Waals surface area contributed by atoms with Crippen molar-refractivity contribution in [2.75, 3.05) is 12.0 Å². The van der Waals surface area contributed by atoms with Crippen molar-refractivity contribution in [2.24, 2.45) is 5.92 Å². The van der Waals surface area contributed by atoms with Crippen molar-refractivity contribution in [1.29, 1.82) is 5.26 Å². The first-order chi connectivity index (χ1) is 13.9. The molecule has 1 aliphatic rings. The van der Waals surface area contributed by atoms with Crippen LogP contribution in [0.25, 0.3) is 0 Å². The summed E-state index contributed by atoms with van der Waals surface area (Å²) in [5, 5.41) is 19.7. The number of methoxy groups -OCH3 is 1. The van der Waals surface area contributed by atoms with Crippen molar-refractivity contribution >= 4 is 17.4 Å². The third kappa shape index (κ3) is 3.72. The van der Waals surface area contributed by atoms with Gasteiger partial charge < -0.3 is 9.84 Å². The number of ether oxygens (including phenoxy) is 1. The molecule has 0 radical (unpaired) electrons. The first-order valence-electron chi connectivity index (χ1n) is 9.32. The van der Waals surface area contributed by atoms with E-state index in [0.29, 0.717) is 22.6 Å². The van der Waals surface area contributed by atoms with Crippen molar-refractivity contribution in [2.45, 2.75) is 26.3 Å². The molecule has 0 bridgehead atoms. The zero-order valence-corrected chi connectivity index (χ0v) is 16.5. The van der Waals surface area contributed by atoms with Gasteiger partial charge in [0.05, 0.1) is 30.4 Å². The van der Waals surface area contributed by atoms with E-state index >= 15 is 0 Å². The average Bonchev–Trinajstić information content (AvgIpc) is 2.98. The van der Waals surface area contributed by atoms with Gasteiger partial charge >= 0.3 is 0 Å². The zero-order valence-electron chi connectivity index (χ0n) is 16.5. The van der Waals surface area contributed by atoms with Crippen LogP contribution < -0.4 is 9.64 Å². The highest BCUT2D eigenvalue weighted by Crippen LogP contribution is 2.44. The number of Topliss-reactive ketones (excluding diaryl/α,β-unsaturated/α-hetero) is 1. The number of aliphatic hydroxyl groups is 1. The molecule has 0 saturated heterocycles. The molecule has 1 atom stereocenters. The van der Waals surface area contributed by atoms with E-state index in [2.05, 4.69) is 0 Å². The van der Waals surface area contributed by atoms with Crippen molar-refractivity contribution < 1.29 is 19.4 Å². The Kier molecular flexibility index (Phi) is 5.69. The molecule has 6 heteroatoms. The molecule has 6 nitrogen and oxygen atoms in total. The Morgan fingerprint density at radius 2 is 1.86 bits per heavy atom. The van der Waals surface area contributed by atoms with Gasteiger partial charge in [0, 0.05) is 17.7 Å². The van der Waals surface area contributed by atoms with E-state index in [1.54, 1.807) is 48.5 Å². The fourth-order valence-corrected chi connectivity index (χ4v) is 3.52. The van der Waals surface area contributed by atoms with Crippen LogP contribution in [0.2, 0.25) is 0 Å². The highest BCUT2D eigenvalue weighted by Gasteiger charge is 2.45. The van der Waals surface area contributed by atoms with Crippen molar-refractivity contribution in [1.82, 2.24) is 0 Å². The number of carbonyl (C=O) groups is 2. The third-order valence-corrected chi connectivity index (χ3v) is 4.81. The Morgan fingerprint density at radius 1 is 1.21 bits per heavy atom. The summed E-state index contributed by atoms with van der Waals surface area (Å²) in [5.41, 5.74) is 1.59. The number of nitriles is 1. The second-order valence-electron chi connectivity index (χ2n) is 7.26. The molecule has 1 N–H and O–H groups in total. The van der Waals surface area contributed by atoms with E-state index in [1.807, 2.05) is 19.9 Å². The molecule has 0 fully saturated rings. The average molecular weight is 390 g/mol. The zero-order chi connectivity index (χ0) is 21.1. The molecule has 0 saturated carbocycles. The van der Waals surface area contributed by atoms with Crippen LogP contribution in [-0.4, -0.2) is 23.9 Å². The van der Waals surface area contributed by atoms with Gasteiger partial charge in [-0.3, -0.25) is 14.5 Å². The Bertz CT molecular complexity index is 1020. The minimum Gasteiger partial charge on any atom is -0.503 e. The molecule has 1 amide bonds. The van der Waals surface area contributed by atoms with Gasteiger partial charge in [0.1, 0.15) is 5.75 Å². The largest absolute Gasteiger partial charge is 0.503 e. The van der Waals surface area contributed by atoms with Gasteiger partial charge in [-0.15, -0.1) is 0 Å². The van der Waals surface area contributed by atoms with Gasteiger partial charge in [-0.1, -0.05) is 32.0 Å². The number of hydrogen-bond acceptors (Lipinski definition) is 5. The standard InChI is InChI=1S/C23H22N2O4/c1-14(2)12-18(26)20-21(17-6-4-5-7-19(17)29-3)25(23(28)22(20)27)16-10-8-15(13-24)9-11-16/h4-11,14,21,27H,12H2,1-3H3. The first kappa shape index (κ1) is 20.2. The van der Waals surface area contributed by atoms with Gasteiger partial charge in [0.25, 0.3) is 5.91 Å². The summed E-state index contributed by atoms with van der Waals surface area (Å²) in [4.78, 5) is 27.4. The third-order valence-electron chi connectivity index (χ3n) is 4.81. The number of aliphatic hydroxyl groups excluding tert-OH is 1. The quantitative estimate of drug-likeness (QED) is 0.802. The molecular weight excluding hydrogens is 368 g/mol. The predicted octanol–water partition coefficient (Wildman–Crippen LogP) is 4.08. The Hall–Kier alpha value is -3.59. The van der Waals surface area contributed by atoms with Crippen LogP contribution in [0, 0.1) is 17.2 Å². The maximum Gasteiger partial charge on any atom is 0.294 e. The van der Waals surface area contributed by atoms with Gasteiger partial charge in [0.2, 0.25) is 0 Å². The molecule has 3 rings (SSSR count). The van der Waals surface area contributed by atoms with Gasteiger partial charge in [-0.2, -0.15) is 5.26 Å². The van der Waals surface area contributed by atoms with E-state index in [9.17, 15) is 14.7 Å². The molecular formula is C23H22N2O4. The number of rotatable bonds is 6. The number of nitrogens with zero attached hydrogens (tertiary/aromatic N) is 2. The lowest BCUT2D eigenvalue weighted by molar-refractivity contribution is -0.118. The second kappa shape index (κ2) is 8.19. The predicted molar refractivity (Wildman–Crippen MR) is 108 cm³/mol. The monoisotopic (exact) mass is 390 g/mol. The minimum absolute atomic E-state index is 0.0672. The van der Waals surface area contributed by atoms with E-state index in [4.69, 9.17) is 10.00 Å². The lowest BCUT2D eigenvalue weighted by Crippen LogP contribution is -2.31. The summed E-state index contributed by atoms with van der Waals surface area (Å²) in [5.74, 6) is -0.903. The molecule has 0 spiro atoms. The first-order valence-corrected chi connectivity index (χ1v) is 9.32. The number of ketones is 1.